The molecule has 2 amide bonds. The number of nitrogens with one attached hydrogen (secondary N) is 1. The Hall–Kier alpha value is -2.51. The van der Waals surface area contributed by atoms with E-state index in [2.05, 4.69) is 20.0 Å². The second-order valence-electron chi connectivity index (χ2n) is 6.57. The van der Waals surface area contributed by atoms with Crippen molar-refractivity contribution in [1.82, 2.24) is 20.2 Å². The van der Waals surface area contributed by atoms with E-state index in [4.69, 9.17) is 0 Å². The van der Waals surface area contributed by atoms with Gasteiger partial charge in [-0.3, -0.25) is 9.59 Å². The van der Waals surface area contributed by atoms with Crippen molar-refractivity contribution in [2.75, 3.05) is 20.2 Å². The average molecular weight is 346 g/mol. The Labute approximate surface area is 146 Å². The second kappa shape index (κ2) is 6.78. The second-order valence-corrected chi connectivity index (χ2v) is 6.57. The number of likely N-dealkylation sites (tertiary alicyclic amines) is 1. The van der Waals surface area contributed by atoms with Crippen LogP contribution in [0.25, 0.3) is 0 Å². The van der Waals surface area contributed by atoms with Crippen LogP contribution in [0, 0.1) is 5.41 Å². The zero-order valence-electron chi connectivity index (χ0n) is 14.4. The average Bonchev–Trinajstić information content (AvgIpc) is 2.65. The minimum absolute atomic E-state index is 0.0378. The van der Waals surface area contributed by atoms with Gasteiger partial charge in [-0.05, 0) is 32.6 Å². The fourth-order valence-corrected chi connectivity index (χ4v) is 3.87. The molecule has 0 aromatic carbocycles. The number of esters is 1. The van der Waals surface area contributed by atoms with Gasteiger partial charge >= 0.3 is 5.97 Å². The van der Waals surface area contributed by atoms with E-state index < -0.39 is 11.4 Å². The molecule has 1 N–H and O–H groups in total. The van der Waals surface area contributed by atoms with E-state index in [1.165, 1.54) is 19.5 Å². The lowest BCUT2D eigenvalue weighted by Gasteiger charge is -2.49. The number of hydrogen-bond acceptors (Lipinski definition) is 6. The SMILES string of the molecule is COC(=O)c1cnc(C(=O)N2CCC[C@@]3(CCCNC3=O)[C@H]2C)cn1. The van der Waals surface area contributed by atoms with Gasteiger partial charge in [0.1, 0.15) is 5.69 Å². The van der Waals surface area contributed by atoms with Crippen LogP contribution in [0.1, 0.15) is 53.6 Å². The van der Waals surface area contributed by atoms with E-state index >= 15 is 0 Å². The number of ether oxygens (including phenoxy) is 1. The molecule has 1 aromatic heterocycles. The number of rotatable bonds is 2. The first-order valence-corrected chi connectivity index (χ1v) is 8.49. The fourth-order valence-electron chi connectivity index (χ4n) is 3.87. The van der Waals surface area contributed by atoms with Crippen molar-refractivity contribution in [2.24, 2.45) is 5.41 Å². The Balaban J connectivity index is 1.81. The molecule has 25 heavy (non-hydrogen) atoms. The Morgan fingerprint density at radius 1 is 1.24 bits per heavy atom. The number of aromatic nitrogens is 2. The first kappa shape index (κ1) is 17.3. The Morgan fingerprint density at radius 3 is 2.56 bits per heavy atom. The molecule has 1 spiro atoms. The van der Waals surface area contributed by atoms with Crippen molar-refractivity contribution in [1.29, 1.82) is 0 Å². The lowest BCUT2D eigenvalue weighted by molar-refractivity contribution is -0.140. The highest BCUT2D eigenvalue weighted by Gasteiger charge is 2.50. The Bertz CT molecular complexity index is 686. The summed E-state index contributed by atoms with van der Waals surface area (Å²) >= 11 is 0. The molecule has 3 heterocycles. The first-order chi connectivity index (χ1) is 12.0. The number of piperidine rings is 2. The number of methoxy groups -OCH3 is 1. The van der Waals surface area contributed by atoms with Gasteiger partial charge in [0.15, 0.2) is 5.69 Å². The quantitative estimate of drug-likeness (QED) is 0.794. The topological polar surface area (TPSA) is 101 Å². The molecule has 2 saturated heterocycles. The number of carbonyl (C=O) groups excluding carboxylic acids is 3. The molecule has 0 bridgehead atoms. The summed E-state index contributed by atoms with van der Waals surface area (Å²) in [5.74, 6) is -0.833. The van der Waals surface area contributed by atoms with Gasteiger partial charge in [-0.25, -0.2) is 14.8 Å². The highest BCUT2D eigenvalue weighted by atomic mass is 16.5. The molecule has 0 radical (unpaired) electrons. The minimum Gasteiger partial charge on any atom is -0.464 e. The maximum Gasteiger partial charge on any atom is 0.358 e. The molecule has 0 aliphatic carbocycles. The van der Waals surface area contributed by atoms with Crippen LogP contribution in [0.3, 0.4) is 0 Å². The van der Waals surface area contributed by atoms with Crippen molar-refractivity contribution in [3.63, 3.8) is 0 Å². The van der Waals surface area contributed by atoms with Gasteiger partial charge < -0.3 is 15.0 Å². The molecule has 2 aliphatic heterocycles. The van der Waals surface area contributed by atoms with Crippen LogP contribution in [-0.2, 0) is 9.53 Å². The third kappa shape index (κ3) is 2.96. The Kier molecular flexibility index (Phi) is 4.69. The summed E-state index contributed by atoms with van der Waals surface area (Å²) in [5, 5.41) is 2.94. The van der Waals surface area contributed by atoms with Crippen LogP contribution in [-0.4, -0.2) is 58.9 Å². The van der Waals surface area contributed by atoms with E-state index in [-0.39, 0.29) is 29.2 Å². The van der Waals surface area contributed by atoms with Crippen LogP contribution < -0.4 is 5.32 Å². The predicted molar refractivity (Wildman–Crippen MR) is 87.8 cm³/mol. The third-order valence-electron chi connectivity index (χ3n) is 5.35. The number of nitrogens with zero attached hydrogens (tertiary/aromatic N) is 3. The molecule has 2 fully saturated rings. The van der Waals surface area contributed by atoms with Gasteiger partial charge in [0, 0.05) is 19.1 Å². The van der Waals surface area contributed by atoms with Crippen molar-refractivity contribution in [3.8, 4) is 0 Å². The number of carbonyl (C=O) groups is 3. The van der Waals surface area contributed by atoms with Crippen LogP contribution in [0.15, 0.2) is 12.4 Å². The summed E-state index contributed by atoms with van der Waals surface area (Å²) in [7, 11) is 1.26. The summed E-state index contributed by atoms with van der Waals surface area (Å²) in [6, 6.07) is -0.212. The van der Waals surface area contributed by atoms with Crippen LogP contribution >= 0.6 is 0 Å². The maximum atomic E-state index is 12.9. The zero-order chi connectivity index (χ0) is 18.0. The molecule has 2 aliphatic rings. The summed E-state index contributed by atoms with van der Waals surface area (Å²) < 4.78 is 4.58. The van der Waals surface area contributed by atoms with Gasteiger partial charge in [0.2, 0.25) is 5.91 Å². The smallest absolute Gasteiger partial charge is 0.358 e. The summed E-state index contributed by atoms with van der Waals surface area (Å²) in [4.78, 5) is 46.5. The molecule has 8 nitrogen and oxygen atoms in total. The van der Waals surface area contributed by atoms with Crippen molar-refractivity contribution >= 4 is 17.8 Å². The number of hydrogen-bond donors (Lipinski definition) is 1. The zero-order valence-corrected chi connectivity index (χ0v) is 14.4. The van der Waals surface area contributed by atoms with Crippen molar-refractivity contribution in [3.05, 3.63) is 23.8 Å². The third-order valence-corrected chi connectivity index (χ3v) is 5.35. The minimum atomic E-state index is -0.601. The lowest BCUT2D eigenvalue weighted by atomic mass is 9.68. The number of amides is 2. The molecular formula is C17H22N4O4. The largest absolute Gasteiger partial charge is 0.464 e. The molecular weight excluding hydrogens is 324 g/mol. The lowest BCUT2D eigenvalue weighted by Crippen LogP contribution is -2.61. The van der Waals surface area contributed by atoms with E-state index in [0.29, 0.717) is 13.1 Å². The normalized spacial score (nSPS) is 26.2. The maximum absolute atomic E-state index is 12.9. The molecule has 8 heteroatoms. The van der Waals surface area contributed by atoms with Gasteiger partial charge in [-0.1, -0.05) is 0 Å². The molecule has 134 valence electrons. The highest BCUT2D eigenvalue weighted by molar-refractivity contribution is 5.94. The van der Waals surface area contributed by atoms with E-state index in [0.717, 1.165) is 25.7 Å². The molecule has 3 rings (SSSR count). The predicted octanol–water partition coefficient (Wildman–Crippen LogP) is 0.784. The summed E-state index contributed by atoms with van der Waals surface area (Å²) in [6.07, 6.45) is 5.79. The molecule has 2 atom stereocenters. The monoisotopic (exact) mass is 346 g/mol. The first-order valence-electron chi connectivity index (χ1n) is 8.49. The Morgan fingerprint density at radius 2 is 1.92 bits per heavy atom. The van der Waals surface area contributed by atoms with E-state index in [1.54, 1.807) is 4.90 Å². The van der Waals surface area contributed by atoms with Gasteiger partial charge in [0.25, 0.3) is 5.91 Å². The van der Waals surface area contributed by atoms with E-state index in [1.807, 2.05) is 6.92 Å². The fraction of sp³-hybridized carbons (Fsp3) is 0.588. The summed E-state index contributed by atoms with van der Waals surface area (Å²) in [6.45, 7) is 3.20. The van der Waals surface area contributed by atoms with Crippen LogP contribution in [0.2, 0.25) is 0 Å². The van der Waals surface area contributed by atoms with Crippen LogP contribution in [0.4, 0.5) is 0 Å². The molecule has 1 aromatic rings. The molecule has 0 saturated carbocycles. The van der Waals surface area contributed by atoms with E-state index in [9.17, 15) is 14.4 Å². The highest BCUT2D eigenvalue weighted by Crippen LogP contribution is 2.42. The molecule has 0 unspecified atom stereocenters. The van der Waals surface area contributed by atoms with Gasteiger partial charge in [-0.15, -0.1) is 0 Å². The van der Waals surface area contributed by atoms with Crippen molar-refractivity contribution < 1.29 is 19.1 Å². The van der Waals surface area contributed by atoms with Crippen molar-refractivity contribution in [2.45, 2.75) is 38.6 Å². The summed E-state index contributed by atoms with van der Waals surface area (Å²) in [5.41, 5.74) is -0.312. The standard InChI is InChI=1S/C17H22N4O4/c1-11-17(5-3-7-18-16(17)24)6-4-8-21(11)14(22)12-9-20-13(10-19-12)15(23)25-2/h9-11H,3-8H2,1-2H3,(H,18,24)/t11-,17+/m1/s1. The van der Waals surface area contributed by atoms with Gasteiger partial charge in [0.05, 0.1) is 24.9 Å². The van der Waals surface area contributed by atoms with Gasteiger partial charge in [-0.2, -0.15) is 0 Å². The van der Waals surface area contributed by atoms with Crippen LogP contribution in [0.5, 0.6) is 0 Å².